The van der Waals surface area contributed by atoms with Crippen molar-refractivity contribution in [1.82, 2.24) is 5.32 Å². The molecule has 0 radical (unpaired) electrons. The molecule has 0 saturated carbocycles. The monoisotopic (exact) mass is 335 g/mol. The molecule has 0 aliphatic carbocycles. The number of methoxy groups -OCH3 is 1. The number of benzene rings is 2. The second-order valence-corrected chi connectivity index (χ2v) is 5.50. The molecule has 0 amide bonds. The van der Waals surface area contributed by atoms with E-state index in [0.29, 0.717) is 24.7 Å². The van der Waals surface area contributed by atoms with Crippen molar-refractivity contribution in [3.05, 3.63) is 59.7 Å². The molecular weight excluding hydrogens is 316 g/mol. The summed E-state index contributed by atoms with van der Waals surface area (Å²) in [4.78, 5) is 0. The van der Waals surface area contributed by atoms with Crippen molar-refractivity contribution in [3.63, 3.8) is 0 Å². The molecule has 1 fully saturated rings. The van der Waals surface area contributed by atoms with E-state index in [1.165, 1.54) is 37.4 Å². The van der Waals surface area contributed by atoms with E-state index in [1.807, 2.05) is 0 Å². The van der Waals surface area contributed by atoms with Crippen LogP contribution in [0, 0.1) is 11.6 Å². The highest BCUT2D eigenvalue weighted by Crippen LogP contribution is 2.34. The van der Waals surface area contributed by atoms with E-state index in [2.05, 4.69) is 5.32 Å². The summed E-state index contributed by atoms with van der Waals surface area (Å²) in [5, 5.41) is 3.25. The third-order valence-electron chi connectivity index (χ3n) is 3.87. The summed E-state index contributed by atoms with van der Waals surface area (Å²) in [6, 6.07) is 10.2. The minimum atomic E-state index is -0.474. The summed E-state index contributed by atoms with van der Waals surface area (Å²) in [5.74, 6) is -0.0269. The van der Waals surface area contributed by atoms with E-state index >= 15 is 0 Å². The molecule has 128 valence electrons. The molecule has 0 spiro atoms. The highest BCUT2D eigenvalue weighted by Gasteiger charge is 2.29. The van der Waals surface area contributed by atoms with Gasteiger partial charge in [0.05, 0.1) is 13.7 Å². The lowest BCUT2D eigenvalue weighted by Crippen LogP contribution is -2.43. The van der Waals surface area contributed by atoms with Crippen molar-refractivity contribution in [2.45, 2.75) is 12.2 Å². The lowest BCUT2D eigenvalue weighted by molar-refractivity contribution is -0.0438. The molecule has 2 aromatic rings. The van der Waals surface area contributed by atoms with Gasteiger partial charge in [-0.2, -0.15) is 0 Å². The Hall–Kier alpha value is -2.18. The third kappa shape index (κ3) is 3.83. The van der Waals surface area contributed by atoms with Gasteiger partial charge in [0.2, 0.25) is 0 Å². The average Bonchev–Trinajstić information content (AvgIpc) is 2.62. The molecule has 24 heavy (non-hydrogen) atoms. The van der Waals surface area contributed by atoms with Crippen molar-refractivity contribution in [2.24, 2.45) is 0 Å². The van der Waals surface area contributed by atoms with Crippen LogP contribution in [0.5, 0.6) is 11.5 Å². The molecule has 1 N–H and O–H groups in total. The maximum absolute atomic E-state index is 13.4. The Morgan fingerprint density at radius 2 is 1.83 bits per heavy atom. The van der Waals surface area contributed by atoms with Crippen molar-refractivity contribution in [1.29, 1.82) is 0 Å². The summed E-state index contributed by atoms with van der Waals surface area (Å²) < 4.78 is 43.7. The topological polar surface area (TPSA) is 39.7 Å². The Balaban J connectivity index is 1.91. The van der Waals surface area contributed by atoms with Crippen molar-refractivity contribution in [3.8, 4) is 11.5 Å². The van der Waals surface area contributed by atoms with Gasteiger partial charge in [-0.15, -0.1) is 0 Å². The van der Waals surface area contributed by atoms with E-state index in [4.69, 9.17) is 14.2 Å². The number of nitrogens with one attached hydrogen (secondary N) is 1. The van der Waals surface area contributed by atoms with Crippen LogP contribution < -0.4 is 14.8 Å². The molecule has 4 nitrogen and oxygen atoms in total. The summed E-state index contributed by atoms with van der Waals surface area (Å²) in [5.41, 5.74) is 0.775. The minimum Gasteiger partial charge on any atom is -0.493 e. The molecule has 2 aromatic carbocycles. The number of halogens is 2. The van der Waals surface area contributed by atoms with Gasteiger partial charge in [-0.05, 0) is 29.8 Å². The Kier molecular flexibility index (Phi) is 5.27. The van der Waals surface area contributed by atoms with Crippen LogP contribution in [0.15, 0.2) is 42.5 Å². The maximum Gasteiger partial charge on any atom is 0.163 e. The predicted octanol–water partition coefficient (Wildman–Crippen LogP) is 3.08. The van der Waals surface area contributed by atoms with E-state index in [0.717, 1.165) is 12.1 Å². The van der Waals surface area contributed by atoms with Crippen molar-refractivity contribution >= 4 is 0 Å². The molecule has 1 saturated heterocycles. The normalized spacial score (nSPS) is 18.9. The molecule has 0 bridgehead atoms. The summed E-state index contributed by atoms with van der Waals surface area (Å²) in [7, 11) is 1.45. The van der Waals surface area contributed by atoms with E-state index in [9.17, 15) is 8.78 Å². The van der Waals surface area contributed by atoms with E-state index in [-0.39, 0.29) is 11.9 Å². The summed E-state index contributed by atoms with van der Waals surface area (Å²) in [6.45, 7) is 1.93. The number of ether oxygens (including phenoxy) is 3. The molecule has 2 atom stereocenters. The van der Waals surface area contributed by atoms with Crippen LogP contribution in [0.25, 0.3) is 0 Å². The molecule has 3 rings (SSSR count). The van der Waals surface area contributed by atoms with E-state index < -0.39 is 11.9 Å². The summed E-state index contributed by atoms with van der Waals surface area (Å²) >= 11 is 0. The van der Waals surface area contributed by atoms with Gasteiger partial charge in [0.1, 0.15) is 17.7 Å². The lowest BCUT2D eigenvalue weighted by Gasteiger charge is -2.32. The molecule has 2 unspecified atom stereocenters. The van der Waals surface area contributed by atoms with Gasteiger partial charge in [0.15, 0.2) is 17.6 Å². The largest absolute Gasteiger partial charge is 0.493 e. The predicted molar refractivity (Wildman–Crippen MR) is 85.3 cm³/mol. The Morgan fingerprint density at radius 1 is 1.08 bits per heavy atom. The first-order valence-corrected chi connectivity index (χ1v) is 7.75. The molecule has 6 heteroatoms. The SMILES string of the molecule is COc1cc(F)ccc1OC(c1ccc(F)cc1)C1CNCCO1. The van der Waals surface area contributed by atoms with Crippen molar-refractivity contribution in [2.75, 3.05) is 26.8 Å². The van der Waals surface area contributed by atoms with Crippen LogP contribution in [0.4, 0.5) is 8.78 Å². The fraction of sp³-hybridized carbons (Fsp3) is 0.333. The molecule has 1 heterocycles. The van der Waals surface area contributed by atoms with Gasteiger partial charge < -0.3 is 19.5 Å². The Labute approximate surface area is 139 Å². The van der Waals surface area contributed by atoms with E-state index in [1.54, 1.807) is 12.1 Å². The lowest BCUT2D eigenvalue weighted by atomic mass is 10.0. The zero-order chi connectivity index (χ0) is 16.9. The van der Waals surface area contributed by atoms with Gasteiger partial charge in [-0.25, -0.2) is 8.78 Å². The zero-order valence-electron chi connectivity index (χ0n) is 13.3. The van der Waals surface area contributed by atoms with Crippen LogP contribution in [-0.2, 0) is 4.74 Å². The van der Waals surface area contributed by atoms with Crippen LogP contribution >= 0.6 is 0 Å². The molecular formula is C18H19F2NO3. The first kappa shape index (κ1) is 16.7. The van der Waals surface area contributed by atoms with Crippen LogP contribution in [0.3, 0.4) is 0 Å². The van der Waals surface area contributed by atoms with Crippen LogP contribution in [-0.4, -0.2) is 32.9 Å². The molecule has 0 aromatic heterocycles. The van der Waals surface area contributed by atoms with Crippen LogP contribution in [0.2, 0.25) is 0 Å². The van der Waals surface area contributed by atoms with Gasteiger partial charge in [0.25, 0.3) is 0 Å². The first-order valence-electron chi connectivity index (χ1n) is 7.75. The number of morpholine rings is 1. The van der Waals surface area contributed by atoms with Gasteiger partial charge in [-0.3, -0.25) is 0 Å². The van der Waals surface area contributed by atoms with Gasteiger partial charge in [-0.1, -0.05) is 12.1 Å². The maximum atomic E-state index is 13.4. The van der Waals surface area contributed by atoms with Crippen molar-refractivity contribution < 1.29 is 23.0 Å². The Morgan fingerprint density at radius 3 is 2.50 bits per heavy atom. The second kappa shape index (κ2) is 7.59. The number of hydrogen-bond acceptors (Lipinski definition) is 4. The van der Waals surface area contributed by atoms with Gasteiger partial charge >= 0.3 is 0 Å². The summed E-state index contributed by atoms with van der Waals surface area (Å²) in [6.07, 6.45) is -0.725. The quantitative estimate of drug-likeness (QED) is 0.912. The Bertz CT molecular complexity index is 672. The first-order chi connectivity index (χ1) is 11.7. The fourth-order valence-electron chi connectivity index (χ4n) is 2.67. The van der Waals surface area contributed by atoms with Crippen LogP contribution in [0.1, 0.15) is 11.7 Å². The number of hydrogen-bond donors (Lipinski definition) is 1. The highest BCUT2D eigenvalue weighted by molar-refractivity contribution is 5.40. The highest BCUT2D eigenvalue weighted by atomic mass is 19.1. The van der Waals surface area contributed by atoms with Gasteiger partial charge in [0, 0.05) is 19.2 Å². The fourth-order valence-corrected chi connectivity index (χ4v) is 2.67. The third-order valence-corrected chi connectivity index (χ3v) is 3.87. The smallest absolute Gasteiger partial charge is 0.163 e. The zero-order valence-corrected chi connectivity index (χ0v) is 13.3. The number of rotatable bonds is 5. The standard InChI is InChI=1S/C18H19F2NO3/c1-22-16-10-14(20)6-7-15(16)24-18(17-11-21-8-9-23-17)12-2-4-13(19)5-3-12/h2-7,10,17-18,21H,8-9,11H2,1H3. The minimum absolute atomic E-state index is 0.251. The molecule has 1 aliphatic heterocycles. The second-order valence-electron chi connectivity index (χ2n) is 5.50. The average molecular weight is 335 g/mol. The molecule has 1 aliphatic rings.